The summed E-state index contributed by atoms with van der Waals surface area (Å²) in [5.74, 6) is -4.04. The third-order valence-electron chi connectivity index (χ3n) is 6.43. The van der Waals surface area contributed by atoms with Gasteiger partial charge in [0.15, 0.2) is 0 Å². The van der Waals surface area contributed by atoms with E-state index in [2.05, 4.69) is 5.32 Å². The number of rotatable bonds is 6. The summed E-state index contributed by atoms with van der Waals surface area (Å²) in [6.07, 6.45) is -2.87. The number of hydrogen-bond donors (Lipinski definition) is 2. The van der Waals surface area contributed by atoms with Crippen molar-refractivity contribution in [3.63, 3.8) is 0 Å². The minimum absolute atomic E-state index is 0.0953. The van der Waals surface area contributed by atoms with Gasteiger partial charge in [-0.25, -0.2) is 22.3 Å². The van der Waals surface area contributed by atoms with Crippen LogP contribution in [0.25, 0.3) is 0 Å². The van der Waals surface area contributed by atoms with Gasteiger partial charge in [0.2, 0.25) is 15.9 Å². The van der Waals surface area contributed by atoms with Crippen LogP contribution in [-0.4, -0.2) is 37.7 Å². The summed E-state index contributed by atoms with van der Waals surface area (Å²) in [6, 6.07) is 1.49. The number of amides is 2. The molecule has 1 saturated carbocycles. The highest BCUT2D eigenvalue weighted by Gasteiger charge is 2.41. The van der Waals surface area contributed by atoms with E-state index in [0.717, 1.165) is 17.0 Å². The average molecular weight is 566 g/mol. The monoisotopic (exact) mass is 565 g/mol. The number of halogens is 6. The molecule has 0 bridgehead atoms. The number of nitrogens with two attached hydrogens (primary N) is 1. The SMILES string of the molecule is NS(=O)(=O)c1cc(C(=O)N2CCC[C@@H]2C(=O)NC(c2ccc(C(F)(F)F)cc2F)C2CC2)c(Cl)cc1F. The number of nitrogens with zero attached hydrogens (tertiary/aromatic N) is 1. The molecule has 2 atom stereocenters. The quantitative estimate of drug-likeness (QED) is 0.513. The van der Waals surface area contributed by atoms with Gasteiger partial charge in [-0.2, -0.15) is 13.2 Å². The van der Waals surface area contributed by atoms with Gasteiger partial charge in [0, 0.05) is 12.1 Å². The lowest BCUT2D eigenvalue weighted by atomic mass is 9.99. The summed E-state index contributed by atoms with van der Waals surface area (Å²) in [6.45, 7) is 0.0953. The van der Waals surface area contributed by atoms with E-state index in [-0.39, 0.29) is 35.0 Å². The van der Waals surface area contributed by atoms with Crippen molar-refractivity contribution in [3.05, 3.63) is 63.7 Å². The number of hydrogen-bond acceptors (Lipinski definition) is 4. The Balaban J connectivity index is 1.58. The summed E-state index contributed by atoms with van der Waals surface area (Å²) in [7, 11) is -4.51. The molecular weight excluding hydrogens is 545 g/mol. The van der Waals surface area contributed by atoms with Crippen LogP contribution in [0.15, 0.2) is 35.2 Å². The highest BCUT2D eigenvalue weighted by atomic mass is 35.5. The second kappa shape index (κ2) is 9.84. The van der Waals surface area contributed by atoms with Crippen molar-refractivity contribution in [2.45, 2.75) is 48.8 Å². The number of benzene rings is 2. The number of sulfonamides is 1. The van der Waals surface area contributed by atoms with E-state index in [1.54, 1.807) is 0 Å². The molecule has 0 radical (unpaired) electrons. The average Bonchev–Trinajstić information content (AvgIpc) is 3.50. The first-order valence-electron chi connectivity index (χ1n) is 11.2. The van der Waals surface area contributed by atoms with Crippen LogP contribution < -0.4 is 10.5 Å². The Bertz CT molecular complexity index is 1360. The third kappa shape index (κ3) is 5.73. The van der Waals surface area contributed by atoms with Crippen molar-refractivity contribution in [1.29, 1.82) is 0 Å². The zero-order valence-electron chi connectivity index (χ0n) is 19.0. The van der Waals surface area contributed by atoms with Crippen molar-refractivity contribution >= 4 is 33.4 Å². The first-order valence-corrected chi connectivity index (χ1v) is 13.1. The van der Waals surface area contributed by atoms with Crippen LogP contribution in [-0.2, 0) is 21.0 Å². The van der Waals surface area contributed by atoms with E-state index in [9.17, 15) is 40.0 Å². The van der Waals surface area contributed by atoms with Crippen LogP contribution >= 0.6 is 11.6 Å². The van der Waals surface area contributed by atoms with Crippen LogP contribution in [0.1, 0.15) is 53.2 Å². The molecule has 2 aromatic carbocycles. The Morgan fingerprint density at radius 1 is 1.08 bits per heavy atom. The number of carbonyl (C=O) groups excluding carboxylic acids is 2. The summed E-state index contributed by atoms with van der Waals surface area (Å²) in [5, 5.41) is 7.29. The van der Waals surface area contributed by atoms with Gasteiger partial charge >= 0.3 is 6.18 Å². The molecule has 0 spiro atoms. The van der Waals surface area contributed by atoms with Gasteiger partial charge in [0.05, 0.1) is 22.2 Å². The number of likely N-dealkylation sites (tertiary alicyclic amines) is 1. The summed E-state index contributed by atoms with van der Waals surface area (Å²) < 4.78 is 90.9. The summed E-state index contributed by atoms with van der Waals surface area (Å²) in [5.41, 5.74) is -1.63. The van der Waals surface area contributed by atoms with Gasteiger partial charge in [-0.1, -0.05) is 17.7 Å². The molecule has 1 saturated heterocycles. The fraction of sp³-hybridized carbons (Fsp3) is 0.391. The molecule has 200 valence electrons. The normalized spacial score (nSPS) is 19.1. The number of primary sulfonamides is 1. The van der Waals surface area contributed by atoms with Gasteiger partial charge in [-0.15, -0.1) is 0 Å². The van der Waals surface area contributed by atoms with Gasteiger partial charge < -0.3 is 10.2 Å². The predicted octanol–water partition coefficient (Wildman–Crippen LogP) is 4.16. The Morgan fingerprint density at radius 2 is 1.76 bits per heavy atom. The lowest BCUT2D eigenvalue weighted by molar-refractivity contribution is -0.137. The Hall–Kier alpha value is -2.77. The van der Waals surface area contributed by atoms with Crippen LogP contribution in [0.3, 0.4) is 0 Å². The molecule has 1 heterocycles. The zero-order chi connectivity index (χ0) is 27.3. The van der Waals surface area contributed by atoms with Crippen molar-refractivity contribution in [2.24, 2.45) is 11.1 Å². The molecule has 2 aliphatic rings. The maximum atomic E-state index is 14.7. The predicted molar refractivity (Wildman–Crippen MR) is 122 cm³/mol. The minimum Gasteiger partial charge on any atom is -0.347 e. The first kappa shape index (κ1) is 27.3. The highest BCUT2D eigenvalue weighted by molar-refractivity contribution is 7.89. The molecule has 2 aromatic rings. The molecule has 1 unspecified atom stereocenters. The lowest BCUT2D eigenvalue weighted by Gasteiger charge is -2.27. The van der Waals surface area contributed by atoms with Crippen molar-refractivity contribution in [1.82, 2.24) is 10.2 Å². The molecule has 1 aliphatic carbocycles. The zero-order valence-corrected chi connectivity index (χ0v) is 20.6. The van der Waals surface area contributed by atoms with E-state index >= 15 is 0 Å². The molecule has 1 aliphatic heterocycles. The molecule has 4 rings (SSSR count). The number of nitrogens with one attached hydrogen (secondary N) is 1. The smallest absolute Gasteiger partial charge is 0.347 e. The Morgan fingerprint density at radius 3 is 2.32 bits per heavy atom. The molecule has 3 N–H and O–H groups in total. The largest absolute Gasteiger partial charge is 0.416 e. The Kier molecular flexibility index (Phi) is 7.25. The fourth-order valence-corrected chi connectivity index (χ4v) is 5.28. The molecule has 2 amide bonds. The van der Waals surface area contributed by atoms with Gasteiger partial charge in [-0.05, 0) is 55.9 Å². The fourth-order valence-electron chi connectivity index (χ4n) is 4.43. The lowest BCUT2D eigenvalue weighted by Crippen LogP contribution is -2.47. The second-order valence-electron chi connectivity index (χ2n) is 9.02. The number of alkyl halides is 3. The second-order valence-corrected chi connectivity index (χ2v) is 11.0. The molecular formula is C23H21ClF5N3O4S. The highest BCUT2D eigenvalue weighted by Crippen LogP contribution is 2.43. The molecule has 0 aromatic heterocycles. The Labute approximate surface area is 213 Å². The molecule has 7 nitrogen and oxygen atoms in total. The van der Waals surface area contributed by atoms with E-state index in [0.29, 0.717) is 37.5 Å². The van der Waals surface area contributed by atoms with Crippen LogP contribution in [0, 0.1) is 17.6 Å². The van der Waals surface area contributed by atoms with Crippen LogP contribution in [0.5, 0.6) is 0 Å². The van der Waals surface area contributed by atoms with E-state index in [4.69, 9.17) is 16.7 Å². The van der Waals surface area contributed by atoms with Crippen molar-refractivity contribution in [2.75, 3.05) is 6.54 Å². The molecule has 2 fully saturated rings. The van der Waals surface area contributed by atoms with E-state index in [1.807, 2.05) is 0 Å². The topological polar surface area (TPSA) is 110 Å². The van der Waals surface area contributed by atoms with Gasteiger partial charge in [0.1, 0.15) is 22.6 Å². The first-order chi connectivity index (χ1) is 17.2. The number of carbonyl (C=O) groups is 2. The molecule has 37 heavy (non-hydrogen) atoms. The van der Waals surface area contributed by atoms with E-state index < -0.39 is 62.2 Å². The van der Waals surface area contributed by atoms with Crippen molar-refractivity contribution in [3.8, 4) is 0 Å². The summed E-state index contributed by atoms with van der Waals surface area (Å²) in [4.78, 5) is 26.6. The third-order valence-corrected chi connectivity index (χ3v) is 7.67. The van der Waals surface area contributed by atoms with Crippen LogP contribution in [0.2, 0.25) is 5.02 Å². The van der Waals surface area contributed by atoms with Gasteiger partial charge in [0.25, 0.3) is 5.91 Å². The molecule has 14 heteroatoms. The van der Waals surface area contributed by atoms with Crippen LogP contribution in [0.4, 0.5) is 22.0 Å². The minimum atomic E-state index is -4.73. The maximum absolute atomic E-state index is 14.7. The standard InChI is InChI=1S/C23H21ClF5N3O4S/c24-15-10-17(26)19(37(30,35)36)9-14(15)22(34)32-7-1-2-18(32)21(33)31-20(11-3-4-11)13-6-5-12(8-16(13)25)23(27,28)29/h5-6,8-11,18,20H,1-4,7H2,(H,31,33)(H2,30,35,36)/t18-,20?/m1/s1. The van der Waals surface area contributed by atoms with Crippen molar-refractivity contribution < 1.29 is 40.0 Å². The summed E-state index contributed by atoms with van der Waals surface area (Å²) >= 11 is 5.98. The maximum Gasteiger partial charge on any atom is 0.416 e. The van der Waals surface area contributed by atoms with E-state index in [1.165, 1.54) is 0 Å². The van der Waals surface area contributed by atoms with Gasteiger partial charge in [-0.3, -0.25) is 9.59 Å².